The maximum atomic E-state index is 12.4. The highest BCUT2D eigenvalue weighted by Gasteiger charge is 2.22. The fraction of sp³-hybridized carbons (Fsp3) is 0.579. The lowest BCUT2D eigenvalue weighted by Gasteiger charge is -2.20. The largest absolute Gasteiger partial charge is 0.349 e. The van der Waals surface area contributed by atoms with Crippen LogP contribution >= 0.6 is 0 Å². The predicted octanol–water partition coefficient (Wildman–Crippen LogP) is 2.18. The van der Waals surface area contributed by atoms with Crippen LogP contribution in [0.15, 0.2) is 12.1 Å². The zero-order valence-corrected chi connectivity index (χ0v) is 16.3. The summed E-state index contributed by atoms with van der Waals surface area (Å²) in [5.74, 6) is 0.375. The molecule has 0 bridgehead atoms. The molecule has 8 nitrogen and oxygen atoms in total. The molecule has 2 N–H and O–H groups in total. The highest BCUT2D eigenvalue weighted by molar-refractivity contribution is 5.96. The number of nitrogens with one attached hydrogen (secondary N) is 2. The minimum absolute atomic E-state index is 0.0224. The van der Waals surface area contributed by atoms with Crippen LogP contribution in [0.2, 0.25) is 0 Å². The minimum Gasteiger partial charge on any atom is -0.349 e. The van der Waals surface area contributed by atoms with Crippen LogP contribution in [0.25, 0.3) is 0 Å². The Hall–Kier alpha value is -2.64. The maximum absolute atomic E-state index is 12.4. The van der Waals surface area contributed by atoms with Gasteiger partial charge in [0.2, 0.25) is 5.91 Å². The van der Waals surface area contributed by atoms with E-state index < -0.39 is 0 Å². The Morgan fingerprint density at radius 3 is 2.56 bits per heavy atom. The molecule has 2 aromatic rings. The van der Waals surface area contributed by atoms with Crippen molar-refractivity contribution >= 4 is 17.6 Å². The number of amides is 2. The van der Waals surface area contributed by atoms with Crippen LogP contribution in [0.1, 0.15) is 54.0 Å². The third-order valence-corrected chi connectivity index (χ3v) is 5.05. The number of nitrogens with zero attached hydrogens (tertiary/aromatic N) is 4. The van der Waals surface area contributed by atoms with Gasteiger partial charge in [-0.3, -0.25) is 19.0 Å². The molecule has 0 radical (unpaired) electrons. The van der Waals surface area contributed by atoms with E-state index in [1.807, 2.05) is 24.6 Å². The average molecular weight is 372 g/mol. The average Bonchev–Trinajstić information content (AvgIpc) is 3.17. The second-order valence-corrected chi connectivity index (χ2v) is 7.27. The van der Waals surface area contributed by atoms with Crippen LogP contribution in [0, 0.1) is 19.8 Å². The SMILES string of the molecule is Cc1cc(C)n(CCNC(=O)c2cc(NC(=O)C3CCCCC3)n(C)n2)n1. The van der Waals surface area contributed by atoms with Crippen molar-refractivity contribution in [2.45, 2.75) is 52.5 Å². The molecule has 0 aromatic carbocycles. The van der Waals surface area contributed by atoms with Crippen molar-refractivity contribution in [3.05, 3.63) is 29.2 Å². The molecule has 0 spiro atoms. The van der Waals surface area contributed by atoms with E-state index in [0.29, 0.717) is 24.6 Å². The van der Waals surface area contributed by atoms with E-state index >= 15 is 0 Å². The van der Waals surface area contributed by atoms with Crippen LogP contribution in [-0.4, -0.2) is 37.9 Å². The molecule has 1 aliphatic rings. The number of carbonyl (C=O) groups excluding carboxylic acids is 2. The third kappa shape index (κ3) is 4.75. The number of aryl methyl sites for hydroxylation is 3. The van der Waals surface area contributed by atoms with Gasteiger partial charge < -0.3 is 10.6 Å². The summed E-state index contributed by atoms with van der Waals surface area (Å²) in [6.45, 7) is 4.99. The first kappa shape index (κ1) is 19.1. The number of anilines is 1. The Labute approximate surface area is 159 Å². The lowest BCUT2D eigenvalue weighted by atomic mass is 9.89. The first-order chi connectivity index (χ1) is 12.9. The van der Waals surface area contributed by atoms with E-state index in [1.165, 1.54) is 11.1 Å². The van der Waals surface area contributed by atoms with Gasteiger partial charge in [0.15, 0.2) is 5.69 Å². The summed E-state index contributed by atoms with van der Waals surface area (Å²) in [4.78, 5) is 24.7. The first-order valence-electron chi connectivity index (χ1n) is 9.58. The fourth-order valence-electron chi connectivity index (χ4n) is 3.56. The van der Waals surface area contributed by atoms with Crippen LogP contribution < -0.4 is 10.6 Å². The normalized spacial score (nSPS) is 14.9. The summed E-state index contributed by atoms with van der Waals surface area (Å²) in [5.41, 5.74) is 2.32. The zero-order chi connectivity index (χ0) is 19.4. The van der Waals surface area contributed by atoms with E-state index in [0.717, 1.165) is 37.1 Å². The molecular formula is C19H28N6O2. The van der Waals surface area contributed by atoms with Crippen molar-refractivity contribution in [2.24, 2.45) is 13.0 Å². The van der Waals surface area contributed by atoms with E-state index in [4.69, 9.17) is 0 Å². The lowest BCUT2D eigenvalue weighted by molar-refractivity contribution is -0.120. The van der Waals surface area contributed by atoms with Crippen molar-refractivity contribution < 1.29 is 9.59 Å². The Morgan fingerprint density at radius 1 is 1.15 bits per heavy atom. The van der Waals surface area contributed by atoms with Gasteiger partial charge in [0.25, 0.3) is 5.91 Å². The number of aromatic nitrogens is 4. The predicted molar refractivity (Wildman–Crippen MR) is 102 cm³/mol. The molecule has 0 saturated heterocycles. The summed E-state index contributed by atoms with van der Waals surface area (Å²) in [5, 5.41) is 14.4. The molecule has 1 fully saturated rings. The topological polar surface area (TPSA) is 93.8 Å². The van der Waals surface area contributed by atoms with E-state index in [1.54, 1.807) is 13.1 Å². The molecule has 0 unspecified atom stereocenters. The van der Waals surface area contributed by atoms with E-state index in [-0.39, 0.29) is 17.7 Å². The van der Waals surface area contributed by atoms with Gasteiger partial charge in [0, 0.05) is 31.3 Å². The Kier molecular flexibility index (Phi) is 5.93. The van der Waals surface area contributed by atoms with E-state index in [2.05, 4.69) is 20.8 Å². The lowest BCUT2D eigenvalue weighted by Crippen LogP contribution is -2.28. The molecule has 8 heteroatoms. The Morgan fingerprint density at radius 2 is 1.89 bits per heavy atom. The smallest absolute Gasteiger partial charge is 0.271 e. The molecule has 1 aliphatic carbocycles. The summed E-state index contributed by atoms with van der Waals surface area (Å²) < 4.78 is 3.40. The fourth-order valence-corrected chi connectivity index (χ4v) is 3.56. The Balaban J connectivity index is 1.54. The summed E-state index contributed by atoms with van der Waals surface area (Å²) in [6.07, 6.45) is 5.28. The van der Waals surface area contributed by atoms with Gasteiger partial charge in [0.1, 0.15) is 5.82 Å². The summed E-state index contributed by atoms with van der Waals surface area (Å²) in [7, 11) is 1.73. The van der Waals surface area contributed by atoms with Crippen LogP contribution in [0.5, 0.6) is 0 Å². The van der Waals surface area contributed by atoms with Crippen LogP contribution in [-0.2, 0) is 18.4 Å². The van der Waals surface area contributed by atoms with Gasteiger partial charge in [0.05, 0.1) is 12.2 Å². The standard InChI is InChI=1S/C19H28N6O2/c1-13-11-14(2)25(22-13)10-9-20-19(27)16-12-17(24(3)23-16)21-18(26)15-7-5-4-6-8-15/h11-12,15H,4-10H2,1-3H3,(H,20,27)(H,21,26). The van der Waals surface area contributed by atoms with E-state index in [9.17, 15) is 9.59 Å². The van der Waals surface area contributed by atoms with Gasteiger partial charge in [-0.15, -0.1) is 0 Å². The molecule has 3 rings (SSSR count). The van der Waals surface area contributed by atoms with Gasteiger partial charge in [-0.05, 0) is 32.8 Å². The molecule has 146 valence electrons. The van der Waals surface area contributed by atoms with Gasteiger partial charge >= 0.3 is 0 Å². The number of rotatable bonds is 6. The highest BCUT2D eigenvalue weighted by Crippen LogP contribution is 2.25. The quantitative estimate of drug-likeness (QED) is 0.813. The molecule has 1 saturated carbocycles. The second-order valence-electron chi connectivity index (χ2n) is 7.27. The number of carbonyl (C=O) groups is 2. The summed E-state index contributed by atoms with van der Waals surface area (Å²) in [6, 6.07) is 3.63. The number of hydrogen-bond donors (Lipinski definition) is 2. The summed E-state index contributed by atoms with van der Waals surface area (Å²) >= 11 is 0. The minimum atomic E-state index is -0.259. The second kappa shape index (κ2) is 8.37. The maximum Gasteiger partial charge on any atom is 0.271 e. The molecular weight excluding hydrogens is 344 g/mol. The van der Waals surface area contributed by atoms with Crippen molar-refractivity contribution in [3.8, 4) is 0 Å². The van der Waals surface area contributed by atoms with Crippen LogP contribution in [0.3, 0.4) is 0 Å². The molecule has 0 aliphatic heterocycles. The molecule has 27 heavy (non-hydrogen) atoms. The van der Waals surface area contributed by atoms with Crippen molar-refractivity contribution in [3.63, 3.8) is 0 Å². The third-order valence-electron chi connectivity index (χ3n) is 5.05. The van der Waals surface area contributed by atoms with Gasteiger partial charge in [-0.1, -0.05) is 19.3 Å². The Bertz CT molecular complexity index is 816. The molecule has 2 amide bonds. The van der Waals surface area contributed by atoms with Gasteiger partial charge in [-0.25, -0.2) is 0 Å². The van der Waals surface area contributed by atoms with Gasteiger partial charge in [-0.2, -0.15) is 10.2 Å². The van der Waals surface area contributed by atoms with Crippen molar-refractivity contribution in [1.29, 1.82) is 0 Å². The number of hydrogen-bond acceptors (Lipinski definition) is 4. The zero-order valence-electron chi connectivity index (χ0n) is 16.3. The first-order valence-corrected chi connectivity index (χ1v) is 9.58. The van der Waals surface area contributed by atoms with Crippen molar-refractivity contribution in [2.75, 3.05) is 11.9 Å². The monoisotopic (exact) mass is 372 g/mol. The highest BCUT2D eigenvalue weighted by atomic mass is 16.2. The molecule has 2 aromatic heterocycles. The molecule has 2 heterocycles. The molecule has 0 atom stereocenters. The van der Waals surface area contributed by atoms with Crippen molar-refractivity contribution in [1.82, 2.24) is 24.9 Å². The van der Waals surface area contributed by atoms with Crippen LogP contribution in [0.4, 0.5) is 5.82 Å².